The molecule has 0 radical (unpaired) electrons. The number of halogens is 1. The maximum absolute atomic E-state index is 12.3. The van der Waals surface area contributed by atoms with Crippen LogP contribution in [0.5, 0.6) is 0 Å². The summed E-state index contributed by atoms with van der Waals surface area (Å²) in [6.07, 6.45) is 1.68. The number of anilines is 1. The van der Waals surface area contributed by atoms with Gasteiger partial charge in [-0.15, -0.1) is 0 Å². The fourth-order valence-electron chi connectivity index (χ4n) is 2.18. The van der Waals surface area contributed by atoms with Crippen LogP contribution >= 0.6 is 11.6 Å². The van der Waals surface area contributed by atoms with Crippen LogP contribution in [0, 0.1) is 6.92 Å². The van der Waals surface area contributed by atoms with Crippen molar-refractivity contribution in [3.8, 4) is 0 Å². The zero-order valence-electron chi connectivity index (χ0n) is 14.2. The molecule has 0 aliphatic rings. The van der Waals surface area contributed by atoms with E-state index in [1.165, 1.54) is 24.3 Å². The van der Waals surface area contributed by atoms with Crippen LogP contribution in [0.4, 0.5) is 5.69 Å². The maximum atomic E-state index is 12.3. The van der Waals surface area contributed by atoms with Gasteiger partial charge in [0.05, 0.1) is 4.90 Å². The number of nitrogens with one attached hydrogen (secondary N) is 2. The molecule has 0 aliphatic heterocycles. The quantitative estimate of drug-likeness (QED) is 0.713. The summed E-state index contributed by atoms with van der Waals surface area (Å²) in [5.74, 6) is -0.326. The smallest absolute Gasteiger partial charge is 0.255 e. The summed E-state index contributed by atoms with van der Waals surface area (Å²) in [5.41, 5.74) is 1.87. The van der Waals surface area contributed by atoms with Gasteiger partial charge in [-0.1, -0.05) is 31.0 Å². The topological polar surface area (TPSA) is 75.3 Å². The lowest BCUT2D eigenvalue weighted by Gasteiger charge is -2.10. The molecule has 0 atom stereocenters. The molecule has 1 amide bonds. The minimum absolute atomic E-state index is 0.138. The highest BCUT2D eigenvalue weighted by molar-refractivity contribution is 7.89. The van der Waals surface area contributed by atoms with E-state index in [9.17, 15) is 13.2 Å². The zero-order chi connectivity index (χ0) is 18.4. The minimum Gasteiger partial charge on any atom is -0.322 e. The Morgan fingerprint density at radius 1 is 1.12 bits per heavy atom. The summed E-state index contributed by atoms with van der Waals surface area (Å²) in [5, 5.41) is 3.31. The van der Waals surface area contributed by atoms with Gasteiger partial charge in [-0.3, -0.25) is 4.79 Å². The van der Waals surface area contributed by atoms with E-state index >= 15 is 0 Å². The van der Waals surface area contributed by atoms with Gasteiger partial charge >= 0.3 is 0 Å². The Morgan fingerprint density at radius 2 is 1.80 bits per heavy atom. The van der Waals surface area contributed by atoms with Crippen molar-refractivity contribution < 1.29 is 13.2 Å². The van der Waals surface area contributed by atoms with E-state index in [2.05, 4.69) is 10.0 Å². The molecule has 0 fully saturated rings. The van der Waals surface area contributed by atoms with Crippen molar-refractivity contribution in [2.75, 3.05) is 11.9 Å². The van der Waals surface area contributed by atoms with Crippen LogP contribution in [-0.4, -0.2) is 20.9 Å². The molecule has 134 valence electrons. The third-order valence-corrected chi connectivity index (χ3v) is 5.41. The molecule has 7 heteroatoms. The second-order valence-electron chi connectivity index (χ2n) is 5.69. The molecule has 0 bridgehead atoms. The van der Waals surface area contributed by atoms with Crippen LogP contribution in [0.2, 0.25) is 5.02 Å². The van der Waals surface area contributed by atoms with Crippen molar-refractivity contribution in [3.05, 3.63) is 58.6 Å². The monoisotopic (exact) mass is 380 g/mol. The third kappa shape index (κ3) is 5.29. The second kappa shape index (κ2) is 8.47. The number of amides is 1. The van der Waals surface area contributed by atoms with E-state index in [4.69, 9.17) is 11.6 Å². The number of hydrogen-bond acceptors (Lipinski definition) is 3. The Morgan fingerprint density at radius 3 is 2.44 bits per heavy atom. The standard InChI is InChI=1S/C18H21ClN2O3S/c1-3-4-11-20-25(23,24)16-9-6-14(7-10-16)18(22)21-17-12-15(19)8-5-13(17)2/h5-10,12,20H,3-4,11H2,1-2H3,(H,21,22). The highest BCUT2D eigenvalue weighted by atomic mass is 35.5. The molecular formula is C18H21ClN2O3S. The van der Waals surface area contributed by atoms with Crippen molar-refractivity contribution in [3.63, 3.8) is 0 Å². The largest absolute Gasteiger partial charge is 0.322 e. The van der Waals surface area contributed by atoms with Crippen LogP contribution in [0.15, 0.2) is 47.4 Å². The number of rotatable bonds is 7. The van der Waals surface area contributed by atoms with E-state index in [-0.39, 0.29) is 10.8 Å². The molecule has 0 saturated carbocycles. The molecule has 2 N–H and O–H groups in total. The van der Waals surface area contributed by atoms with Gasteiger partial charge in [0.2, 0.25) is 10.0 Å². The molecule has 0 aliphatic carbocycles. The Bertz CT molecular complexity index is 849. The normalized spacial score (nSPS) is 11.3. The highest BCUT2D eigenvalue weighted by Gasteiger charge is 2.14. The number of aryl methyl sites for hydroxylation is 1. The summed E-state index contributed by atoms with van der Waals surface area (Å²) >= 11 is 5.94. The number of sulfonamides is 1. The first kappa shape index (κ1) is 19.4. The first-order chi connectivity index (χ1) is 11.8. The van der Waals surface area contributed by atoms with Gasteiger partial charge in [0.15, 0.2) is 0 Å². The SMILES string of the molecule is CCCCNS(=O)(=O)c1ccc(C(=O)Nc2cc(Cl)ccc2C)cc1. The minimum atomic E-state index is -3.55. The van der Waals surface area contributed by atoms with Crippen molar-refractivity contribution in [2.45, 2.75) is 31.6 Å². The van der Waals surface area contributed by atoms with Crippen molar-refractivity contribution in [1.29, 1.82) is 0 Å². The highest BCUT2D eigenvalue weighted by Crippen LogP contribution is 2.21. The zero-order valence-corrected chi connectivity index (χ0v) is 15.7. The van der Waals surface area contributed by atoms with Crippen LogP contribution < -0.4 is 10.0 Å². The molecule has 0 unspecified atom stereocenters. The predicted molar refractivity (Wildman–Crippen MR) is 101 cm³/mol. The van der Waals surface area contributed by atoms with E-state index < -0.39 is 10.0 Å². The number of carbonyl (C=O) groups is 1. The first-order valence-corrected chi connectivity index (χ1v) is 9.87. The Labute approximate surface area is 153 Å². The summed E-state index contributed by atoms with van der Waals surface area (Å²) < 4.78 is 26.8. The van der Waals surface area contributed by atoms with E-state index in [1.807, 2.05) is 19.9 Å². The molecule has 2 aromatic rings. The summed E-state index contributed by atoms with van der Waals surface area (Å²) in [6, 6.07) is 11.1. The van der Waals surface area contributed by atoms with E-state index in [1.54, 1.807) is 12.1 Å². The Balaban J connectivity index is 2.11. The number of carbonyl (C=O) groups excluding carboxylic acids is 1. The average molecular weight is 381 g/mol. The van der Waals surface area contributed by atoms with Crippen LogP contribution in [-0.2, 0) is 10.0 Å². The number of unbranched alkanes of at least 4 members (excludes halogenated alkanes) is 1. The Hall–Kier alpha value is -1.89. The van der Waals surface area contributed by atoms with Gasteiger partial charge in [-0.05, 0) is 55.3 Å². The van der Waals surface area contributed by atoms with Gasteiger partial charge in [0.25, 0.3) is 5.91 Å². The number of benzene rings is 2. The molecule has 0 spiro atoms. The molecular weight excluding hydrogens is 360 g/mol. The summed E-state index contributed by atoms with van der Waals surface area (Å²) in [7, 11) is -3.55. The van der Waals surface area contributed by atoms with Gasteiger partial charge < -0.3 is 5.32 Å². The van der Waals surface area contributed by atoms with E-state index in [0.717, 1.165) is 18.4 Å². The predicted octanol–water partition coefficient (Wildman–Crippen LogP) is 3.98. The molecule has 2 rings (SSSR count). The van der Waals surface area contributed by atoms with Crippen molar-refractivity contribution in [1.82, 2.24) is 4.72 Å². The third-order valence-electron chi connectivity index (χ3n) is 3.70. The van der Waals surface area contributed by atoms with Crippen LogP contribution in [0.25, 0.3) is 0 Å². The van der Waals surface area contributed by atoms with Gasteiger partial charge in [-0.25, -0.2) is 13.1 Å². The van der Waals surface area contributed by atoms with Gasteiger partial charge in [0.1, 0.15) is 0 Å². The fourth-order valence-corrected chi connectivity index (χ4v) is 3.42. The first-order valence-electron chi connectivity index (χ1n) is 8.00. The molecule has 0 saturated heterocycles. The lowest BCUT2D eigenvalue weighted by atomic mass is 10.1. The average Bonchev–Trinajstić information content (AvgIpc) is 2.58. The lowest BCUT2D eigenvalue weighted by molar-refractivity contribution is 0.102. The summed E-state index contributed by atoms with van der Waals surface area (Å²) in [6.45, 7) is 4.25. The van der Waals surface area contributed by atoms with Crippen LogP contribution in [0.1, 0.15) is 35.7 Å². The van der Waals surface area contributed by atoms with Gasteiger partial charge in [-0.2, -0.15) is 0 Å². The summed E-state index contributed by atoms with van der Waals surface area (Å²) in [4.78, 5) is 12.5. The second-order valence-corrected chi connectivity index (χ2v) is 7.89. The van der Waals surface area contributed by atoms with Crippen LogP contribution in [0.3, 0.4) is 0 Å². The van der Waals surface area contributed by atoms with E-state index in [0.29, 0.717) is 22.8 Å². The maximum Gasteiger partial charge on any atom is 0.255 e. The van der Waals surface area contributed by atoms with Crippen molar-refractivity contribution >= 4 is 33.2 Å². The molecule has 2 aromatic carbocycles. The molecule has 0 heterocycles. The molecule has 5 nitrogen and oxygen atoms in total. The van der Waals surface area contributed by atoms with Crippen molar-refractivity contribution in [2.24, 2.45) is 0 Å². The van der Waals surface area contributed by atoms with Gasteiger partial charge in [0, 0.05) is 22.8 Å². The Kier molecular flexibility index (Phi) is 6.58. The lowest BCUT2D eigenvalue weighted by Crippen LogP contribution is -2.24. The molecule has 25 heavy (non-hydrogen) atoms. The molecule has 0 aromatic heterocycles. The fraction of sp³-hybridized carbons (Fsp3) is 0.278. The number of hydrogen-bond donors (Lipinski definition) is 2.